The van der Waals surface area contributed by atoms with E-state index in [1.54, 1.807) is 10.7 Å². The second kappa shape index (κ2) is 6.27. The number of hydrogen-bond acceptors (Lipinski definition) is 5. The first kappa shape index (κ1) is 14.7. The number of aryl methyl sites for hydroxylation is 3. The van der Waals surface area contributed by atoms with E-state index < -0.39 is 0 Å². The summed E-state index contributed by atoms with van der Waals surface area (Å²) in [7, 11) is 0. The van der Waals surface area contributed by atoms with Crippen molar-refractivity contribution in [3.05, 3.63) is 46.2 Å². The summed E-state index contributed by atoms with van der Waals surface area (Å²) in [6.07, 6.45) is 4.00. The fourth-order valence-corrected chi connectivity index (χ4v) is 3.12. The SMILES string of the molecule is Cc1ccc(C)c(OCCCc2nn3c(C=O)cnc3s2)c1. The van der Waals surface area contributed by atoms with Crippen LogP contribution in [0.25, 0.3) is 4.96 Å². The minimum Gasteiger partial charge on any atom is -0.493 e. The molecule has 0 aliphatic heterocycles. The maximum absolute atomic E-state index is 10.9. The van der Waals surface area contributed by atoms with E-state index in [4.69, 9.17) is 4.74 Å². The summed E-state index contributed by atoms with van der Waals surface area (Å²) in [5.41, 5.74) is 2.83. The van der Waals surface area contributed by atoms with Crippen LogP contribution >= 0.6 is 11.3 Å². The molecule has 0 radical (unpaired) electrons. The lowest BCUT2D eigenvalue weighted by molar-refractivity contribution is 0.111. The number of hydrogen-bond donors (Lipinski definition) is 0. The largest absolute Gasteiger partial charge is 0.493 e. The van der Waals surface area contributed by atoms with Gasteiger partial charge in [0, 0.05) is 6.42 Å². The summed E-state index contributed by atoms with van der Waals surface area (Å²) in [5, 5.41) is 5.37. The van der Waals surface area contributed by atoms with Gasteiger partial charge in [0.25, 0.3) is 0 Å². The fraction of sp³-hybridized carbons (Fsp3) is 0.312. The predicted octanol–water partition coefficient (Wildman–Crippen LogP) is 3.23. The van der Waals surface area contributed by atoms with Gasteiger partial charge in [0.1, 0.15) is 16.5 Å². The number of carbonyl (C=O) groups excluding carboxylic acids is 1. The molecule has 5 nitrogen and oxygen atoms in total. The molecule has 3 aromatic rings. The highest BCUT2D eigenvalue weighted by Gasteiger charge is 2.09. The molecule has 0 atom stereocenters. The fourth-order valence-electron chi connectivity index (χ4n) is 2.20. The Hall–Kier alpha value is -2.21. The van der Waals surface area contributed by atoms with Crippen LogP contribution in [0.3, 0.4) is 0 Å². The average molecular weight is 315 g/mol. The van der Waals surface area contributed by atoms with Gasteiger partial charge in [-0.1, -0.05) is 23.5 Å². The summed E-state index contributed by atoms with van der Waals surface area (Å²) in [6, 6.07) is 6.21. The molecule has 0 aliphatic rings. The lowest BCUT2D eigenvalue weighted by atomic mass is 10.1. The van der Waals surface area contributed by atoms with Crippen LogP contribution in [0.4, 0.5) is 0 Å². The third-order valence-corrected chi connectivity index (χ3v) is 4.39. The number of imidazole rings is 1. The third-order valence-electron chi connectivity index (χ3n) is 3.41. The van der Waals surface area contributed by atoms with Gasteiger partial charge in [-0.3, -0.25) is 4.79 Å². The molecule has 3 rings (SSSR count). The number of aldehydes is 1. The number of fused-ring (bicyclic) bond motifs is 1. The van der Waals surface area contributed by atoms with Crippen molar-refractivity contribution in [3.8, 4) is 5.75 Å². The predicted molar refractivity (Wildman–Crippen MR) is 86.0 cm³/mol. The van der Waals surface area contributed by atoms with E-state index in [-0.39, 0.29) is 0 Å². The highest BCUT2D eigenvalue weighted by atomic mass is 32.1. The Morgan fingerprint density at radius 1 is 1.36 bits per heavy atom. The lowest BCUT2D eigenvalue weighted by Crippen LogP contribution is -2.01. The van der Waals surface area contributed by atoms with Gasteiger partial charge in [-0.2, -0.15) is 5.10 Å². The Balaban J connectivity index is 1.57. The molecule has 0 aliphatic carbocycles. The number of ether oxygens (including phenoxy) is 1. The summed E-state index contributed by atoms with van der Waals surface area (Å²) >= 11 is 1.51. The standard InChI is InChI=1S/C16H17N3O2S/c1-11-5-6-12(2)14(8-11)21-7-3-4-15-18-19-13(10-20)9-17-16(19)22-15/h5-6,8-10H,3-4,7H2,1-2H3. The smallest absolute Gasteiger partial charge is 0.212 e. The van der Waals surface area contributed by atoms with Crippen LogP contribution in [0.2, 0.25) is 0 Å². The molecule has 0 bridgehead atoms. The van der Waals surface area contributed by atoms with Crippen LogP contribution in [0.5, 0.6) is 5.75 Å². The molecule has 0 saturated carbocycles. The molecule has 1 aromatic carbocycles. The Morgan fingerprint density at radius 3 is 3.05 bits per heavy atom. The molecule has 114 valence electrons. The van der Waals surface area contributed by atoms with E-state index in [1.165, 1.54) is 16.9 Å². The molecule has 22 heavy (non-hydrogen) atoms. The molecular formula is C16H17N3O2S. The van der Waals surface area contributed by atoms with Crippen molar-refractivity contribution >= 4 is 22.6 Å². The van der Waals surface area contributed by atoms with Crippen LogP contribution < -0.4 is 4.74 Å². The molecule has 2 heterocycles. The second-order valence-corrected chi connectivity index (χ2v) is 6.25. The quantitative estimate of drug-likeness (QED) is 0.517. The first-order valence-corrected chi connectivity index (χ1v) is 7.97. The van der Waals surface area contributed by atoms with Crippen LogP contribution in [0.1, 0.15) is 33.0 Å². The van der Waals surface area contributed by atoms with Crippen LogP contribution in [0, 0.1) is 13.8 Å². The second-order valence-electron chi connectivity index (χ2n) is 5.21. The number of carbonyl (C=O) groups is 1. The number of nitrogens with zero attached hydrogens (tertiary/aromatic N) is 3. The van der Waals surface area contributed by atoms with Crippen LogP contribution in [0.15, 0.2) is 24.4 Å². The molecule has 2 aromatic heterocycles. The Bertz CT molecular complexity index is 807. The van der Waals surface area contributed by atoms with E-state index in [1.807, 2.05) is 6.92 Å². The van der Waals surface area contributed by atoms with Crippen molar-refractivity contribution in [3.63, 3.8) is 0 Å². The number of rotatable bonds is 6. The van der Waals surface area contributed by atoms with Gasteiger partial charge in [0.2, 0.25) is 4.96 Å². The van der Waals surface area contributed by atoms with Gasteiger partial charge in [-0.25, -0.2) is 9.50 Å². The van der Waals surface area contributed by atoms with E-state index in [0.29, 0.717) is 12.3 Å². The van der Waals surface area contributed by atoms with Crippen molar-refractivity contribution in [1.29, 1.82) is 0 Å². The minimum absolute atomic E-state index is 0.490. The van der Waals surface area contributed by atoms with Crippen molar-refractivity contribution < 1.29 is 9.53 Å². The summed E-state index contributed by atoms with van der Waals surface area (Å²) in [6.45, 7) is 4.75. The zero-order valence-corrected chi connectivity index (χ0v) is 13.4. The summed E-state index contributed by atoms with van der Waals surface area (Å²) < 4.78 is 7.43. The molecule has 0 amide bonds. The molecule has 0 spiro atoms. The normalized spacial score (nSPS) is 11.0. The number of benzene rings is 1. The third kappa shape index (κ3) is 3.01. The van der Waals surface area contributed by atoms with E-state index in [2.05, 4.69) is 35.2 Å². The van der Waals surface area contributed by atoms with E-state index in [9.17, 15) is 4.79 Å². The Morgan fingerprint density at radius 2 is 2.23 bits per heavy atom. The summed E-state index contributed by atoms with van der Waals surface area (Å²) in [4.78, 5) is 15.8. The van der Waals surface area contributed by atoms with Crippen molar-refractivity contribution in [2.45, 2.75) is 26.7 Å². The summed E-state index contributed by atoms with van der Waals surface area (Å²) in [5.74, 6) is 0.942. The van der Waals surface area contributed by atoms with Gasteiger partial charge in [0.05, 0.1) is 12.8 Å². The molecule has 0 saturated heterocycles. The van der Waals surface area contributed by atoms with Crippen molar-refractivity contribution in [2.75, 3.05) is 6.61 Å². The average Bonchev–Trinajstić information content (AvgIpc) is 3.06. The first-order chi connectivity index (χ1) is 10.7. The topological polar surface area (TPSA) is 56.5 Å². The number of aromatic nitrogens is 3. The van der Waals surface area contributed by atoms with Gasteiger partial charge in [-0.15, -0.1) is 0 Å². The highest BCUT2D eigenvalue weighted by molar-refractivity contribution is 7.16. The van der Waals surface area contributed by atoms with Crippen LogP contribution in [-0.4, -0.2) is 27.5 Å². The van der Waals surface area contributed by atoms with Gasteiger partial charge in [-0.05, 0) is 37.5 Å². The van der Waals surface area contributed by atoms with Gasteiger partial charge < -0.3 is 4.74 Å². The van der Waals surface area contributed by atoms with E-state index in [0.717, 1.165) is 40.4 Å². The zero-order chi connectivity index (χ0) is 15.5. The Kier molecular flexibility index (Phi) is 4.20. The molecule has 0 unspecified atom stereocenters. The zero-order valence-electron chi connectivity index (χ0n) is 12.6. The molecule has 6 heteroatoms. The maximum Gasteiger partial charge on any atom is 0.212 e. The highest BCUT2D eigenvalue weighted by Crippen LogP contribution is 2.20. The van der Waals surface area contributed by atoms with Crippen LogP contribution in [-0.2, 0) is 6.42 Å². The van der Waals surface area contributed by atoms with E-state index >= 15 is 0 Å². The molecule has 0 fully saturated rings. The maximum atomic E-state index is 10.9. The first-order valence-electron chi connectivity index (χ1n) is 7.16. The molecular weight excluding hydrogens is 298 g/mol. The van der Waals surface area contributed by atoms with Crippen molar-refractivity contribution in [1.82, 2.24) is 14.6 Å². The van der Waals surface area contributed by atoms with Gasteiger partial charge >= 0.3 is 0 Å². The Labute approximate surface area is 132 Å². The van der Waals surface area contributed by atoms with Gasteiger partial charge in [0.15, 0.2) is 6.29 Å². The minimum atomic E-state index is 0.490. The lowest BCUT2D eigenvalue weighted by Gasteiger charge is -2.09. The molecule has 0 N–H and O–H groups in total. The monoisotopic (exact) mass is 315 g/mol. The van der Waals surface area contributed by atoms with Crippen molar-refractivity contribution in [2.24, 2.45) is 0 Å².